The van der Waals surface area contributed by atoms with Gasteiger partial charge >= 0.3 is 0 Å². The summed E-state index contributed by atoms with van der Waals surface area (Å²) in [6.07, 6.45) is 10.6. The van der Waals surface area contributed by atoms with Gasteiger partial charge in [-0.3, -0.25) is 4.98 Å². The maximum absolute atomic E-state index is 4.33. The van der Waals surface area contributed by atoms with Gasteiger partial charge < -0.3 is 10.2 Å². The van der Waals surface area contributed by atoms with Gasteiger partial charge in [0, 0.05) is 49.3 Å². The zero-order chi connectivity index (χ0) is 14.0. The Morgan fingerprint density at radius 2 is 2.15 bits per heavy atom. The van der Waals surface area contributed by atoms with E-state index in [0.717, 1.165) is 12.6 Å². The first-order valence-electron chi connectivity index (χ1n) is 8.17. The molecule has 0 radical (unpaired) electrons. The second kappa shape index (κ2) is 5.72. The van der Waals surface area contributed by atoms with Crippen molar-refractivity contribution < 1.29 is 0 Å². The van der Waals surface area contributed by atoms with Crippen molar-refractivity contribution in [2.75, 3.05) is 18.0 Å². The van der Waals surface area contributed by atoms with E-state index in [9.17, 15) is 0 Å². The number of nitrogens with one attached hydrogen (secondary N) is 1. The second-order valence-corrected chi connectivity index (χ2v) is 6.54. The third kappa shape index (κ3) is 2.83. The second-order valence-electron chi connectivity index (χ2n) is 6.54. The van der Waals surface area contributed by atoms with Crippen LogP contribution in [0.4, 0.5) is 5.69 Å². The summed E-state index contributed by atoms with van der Waals surface area (Å²) in [6, 6.07) is 2.96. The number of hydrogen-bond acceptors (Lipinski definition) is 3. The third-order valence-corrected chi connectivity index (χ3v) is 5.32. The molecule has 0 amide bonds. The molecule has 1 aromatic heterocycles. The Morgan fingerprint density at radius 3 is 2.80 bits per heavy atom. The third-order valence-electron chi connectivity index (χ3n) is 5.32. The first-order chi connectivity index (χ1) is 9.76. The minimum Gasteiger partial charge on any atom is -0.371 e. The van der Waals surface area contributed by atoms with Crippen LogP contribution in [-0.2, 0) is 6.54 Å². The fourth-order valence-corrected chi connectivity index (χ4v) is 3.37. The number of pyridine rings is 1. The fraction of sp³-hybridized carbons (Fsp3) is 0.706. The molecule has 0 aromatic carbocycles. The van der Waals surface area contributed by atoms with Crippen LogP contribution in [0, 0.1) is 5.41 Å². The Kier molecular flexibility index (Phi) is 3.97. The van der Waals surface area contributed by atoms with Crippen molar-refractivity contribution in [3.63, 3.8) is 0 Å². The lowest BCUT2D eigenvalue weighted by Gasteiger charge is -2.28. The van der Waals surface area contributed by atoms with Gasteiger partial charge in [-0.15, -0.1) is 0 Å². The average molecular weight is 273 g/mol. The van der Waals surface area contributed by atoms with E-state index in [0.29, 0.717) is 5.41 Å². The topological polar surface area (TPSA) is 28.2 Å². The van der Waals surface area contributed by atoms with Crippen LogP contribution in [0.25, 0.3) is 0 Å². The van der Waals surface area contributed by atoms with E-state index in [-0.39, 0.29) is 0 Å². The van der Waals surface area contributed by atoms with Crippen molar-refractivity contribution in [1.29, 1.82) is 0 Å². The van der Waals surface area contributed by atoms with Crippen LogP contribution in [0.15, 0.2) is 18.5 Å². The minimum absolute atomic E-state index is 0.532. The van der Waals surface area contributed by atoms with Crippen LogP contribution in [0.2, 0.25) is 0 Å². The zero-order valence-electron chi connectivity index (χ0n) is 12.9. The molecule has 0 atom stereocenters. The molecule has 0 bridgehead atoms. The van der Waals surface area contributed by atoms with Crippen molar-refractivity contribution in [2.24, 2.45) is 5.41 Å². The molecule has 1 aromatic rings. The first kappa shape index (κ1) is 13.9. The number of rotatable bonds is 6. The maximum atomic E-state index is 4.33. The molecule has 110 valence electrons. The van der Waals surface area contributed by atoms with E-state index in [1.807, 2.05) is 12.4 Å². The van der Waals surface area contributed by atoms with Crippen molar-refractivity contribution in [2.45, 2.75) is 58.5 Å². The summed E-state index contributed by atoms with van der Waals surface area (Å²) < 4.78 is 0. The highest BCUT2D eigenvalue weighted by atomic mass is 15.2. The molecule has 1 aliphatic heterocycles. The van der Waals surface area contributed by atoms with Gasteiger partial charge in [0.05, 0.1) is 0 Å². The Balaban J connectivity index is 1.73. The fourth-order valence-electron chi connectivity index (χ4n) is 3.37. The molecule has 2 heterocycles. The Hall–Kier alpha value is -1.09. The summed E-state index contributed by atoms with van der Waals surface area (Å²) in [7, 11) is 0. The van der Waals surface area contributed by atoms with Gasteiger partial charge in [-0.05, 0) is 43.6 Å². The molecule has 1 saturated carbocycles. The Labute approximate surface area is 122 Å². The van der Waals surface area contributed by atoms with Gasteiger partial charge in [-0.25, -0.2) is 0 Å². The normalized spacial score (nSPS) is 21.4. The van der Waals surface area contributed by atoms with Crippen LogP contribution in [0.5, 0.6) is 0 Å². The molecule has 3 rings (SSSR count). The molecule has 3 nitrogen and oxygen atoms in total. The smallest absolute Gasteiger partial charge is 0.0443 e. The van der Waals surface area contributed by atoms with E-state index >= 15 is 0 Å². The lowest BCUT2D eigenvalue weighted by molar-refractivity contribution is 0.301. The van der Waals surface area contributed by atoms with Crippen molar-refractivity contribution >= 4 is 5.69 Å². The molecule has 1 aliphatic carbocycles. The quantitative estimate of drug-likeness (QED) is 0.861. The van der Waals surface area contributed by atoms with Crippen LogP contribution in [-0.4, -0.2) is 24.1 Å². The van der Waals surface area contributed by atoms with Crippen LogP contribution in [0.1, 0.15) is 51.5 Å². The molecule has 1 N–H and O–H groups in total. The first-order valence-corrected chi connectivity index (χ1v) is 8.17. The van der Waals surface area contributed by atoms with Crippen LogP contribution < -0.4 is 10.2 Å². The number of hydrogen-bond donors (Lipinski definition) is 1. The summed E-state index contributed by atoms with van der Waals surface area (Å²) in [4.78, 5) is 6.91. The van der Waals surface area contributed by atoms with E-state index < -0.39 is 0 Å². The van der Waals surface area contributed by atoms with E-state index in [1.165, 1.54) is 56.4 Å². The average Bonchev–Trinajstić information content (AvgIpc) is 3.23. The molecule has 2 aliphatic rings. The van der Waals surface area contributed by atoms with E-state index in [1.54, 1.807) is 0 Å². The summed E-state index contributed by atoms with van der Waals surface area (Å²) in [6.45, 7) is 8.06. The summed E-state index contributed by atoms with van der Waals surface area (Å²) in [5, 5.41) is 3.62. The molecule has 20 heavy (non-hydrogen) atoms. The standard InChI is InChI=1S/C17H27N3/c1-3-17(4-2)8-10-20(13-17)16-7-9-18-11-14(16)12-19-15-5-6-15/h7,9,11,15,19H,3-6,8,10,12-13H2,1-2H3. The highest BCUT2D eigenvalue weighted by Gasteiger charge is 2.35. The predicted octanol–water partition coefficient (Wildman–Crippen LogP) is 3.35. The highest BCUT2D eigenvalue weighted by molar-refractivity contribution is 5.53. The van der Waals surface area contributed by atoms with Gasteiger partial charge in [0.1, 0.15) is 0 Å². The molecule has 0 spiro atoms. The predicted molar refractivity (Wildman–Crippen MR) is 83.9 cm³/mol. The largest absolute Gasteiger partial charge is 0.371 e. The van der Waals surface area contributed by atoms with Crippen molar-refractivity contribution in [3.05, 3.63) is 24.0 Å². The number of nitrogens with zero attached hydrogens (tertiary/aromatic N) is 2. The Bertz CT molecular complexity index is 449. The lowest BCUT2D eigenvalue weighted by atomic mass is 9.82. The van der Waals surface area contributed by atoms with E-state index in [4.69, 9.17) is 0 Å². The molecular weight excluding hydrogens is 246 g/mol. The van der Waals surface area contributed by atoms with Crippen LogP contribution in [0.3, 0.4) is 0 Å². The summed E-state index contributed by atoms with van der Waals surface area (Å²) >= 11 is 0. The zero-order valence-corrected chi connectivity index (χ0v) is 12.9. The number of anilines is 1. The van der Waals surface area contributed by atoms with E-state index in [2.05, 4.69) is 35.1 Å². The monoisotopic (exact) mass is 273 g/mol. The summed E-state index contributed by atoms with van der Waals surface area (Å²) in [5.74, 6) is 0. The molecule has 1 saturated heterocycles. The maximum Gasteiger partial charge on any atom is 0.0443 e. The van der Waals surface area contributed by atoms with Crippen molar-refractivity contribution in [3.8, 4) is 0 Å². The van der Waals surface area contributed by atoms with Gasteiger partial charge in [0.2, 0.25) is 0 Å². The van der Waals surface area contributed by atoms with Gasteiger partial charge in [-0.1, -0.05) is 13.8 Å². The highest BCUT2D eigenvalue weighted by Crippen LogP contribution is 2.39. The molecule has 0 unspecified atom stereocenters. The molecule has 3 heteroatoms. The minimum atomic E-state index is 0.532. The lowest BCUT2D eigenvalue weighted by Crippen LogP contribution is -2.27. The molecular formula is C17H27N3. The van der Waals surface area contributed by atoms with Crippen LogP contribution >= 0.6 is 0 Å². The van der Waals surface area contributed by atoms with Gasteiger partial charge in [-0.2, -0.15) is 0 Å². The van der Waals surface area contributed by atoms with Gasteiger partial charge in [0.15, 0.2) is 0 Å². The number of aromatic nitrogens is 1. The van der Waals surface area contributed by atoms with Gasteiger partial charge in [0.25, 0.3) is 0 Å². The van der Waals surface area contributed by atoms with Crippen molar-refractivity contribution in [1.82, 2.24) is 10.3 Å². The Morgan fingerprint density at radius 1 is 1.35 bits per heavy atom. The molecule has 2 fully saturated rings. The summed E-state index contributed by atoms with van der Waals surface area (Å²) in [5.41, 5.74) is 3.30. The SMILES string of the molecule is CCC1(CC)CCN(c2ccncc2CNC2CC2)C1.